The number of nitrogens with one attached hydrogen (secondary N) is 1. The van der Waals surface area contributed by atoms with Crippen molar-refractivity contribution in [3.8, 4) is 11.5 Å². The first-order valence-electron chi connectivity index (χ1n) is 6.17. The van der Waals surface area contributed by atoms with Crippen LogP contribution in [0.2, 0.25) is 0 Å². The third kappa shape index (κ3) is 20.0. The quantitative estimate of drug-likeness (QED) is 0.0681. The molecule has 0 saturated carbocycles. The third-order valence-corrected chi connectivity index (χ3v) is 2.39. The van der Waals surface area contributed by atoms with Gasteiger partial charge in [0.15, 0.2) is 11.5 Å². The molecule has 0 aliphatic rings. The number of benzene rings is 1. The molecule has 1 atom stereocenters. The van der Waals surface area contributed by atoms with E-state index in [-0.39, 0.29) is 48.9 Å². The van der Waals surface area contributed by atoms with Crippen LogP contribution >= 0.6 is 15.6 Å². The van der Waals surface area contributed by atoms with Crippen molar-refractivity contribution in [3.63, 3.8) is 0 Å². The maximum Gasteiger partial charge on any atom is 1.00 e. The molecule has 0 bridgehead atoms. The number of aliphatic carboxylic acids is 1. The van der Waals surface area contributed by atoms with Gasteiger partial charge in [-0.25, -0.2) is 14.6 Å². The Morgan fingerprint density at radius 3 is 1.70 bits per heavy atom. The van der Waals surface area contributed by atoms with Crippen LogP contribution in [0.4, 0.5) is 0 Å². The Bertz CT molecular complexity index is 662. The molecule has 1 aromatic rings. The van der Waals surface area contributed by atoms with Gasteiger partial charge in [-0.3, -0.25) is 10.6 Å². The molecule has 0 amide bonds. The summed E-state index contributed by atoms with van der Waals surface area (Å²) in [5.41, 5.74) is 1.45. The molecule has 12 N–H and O–H groups in total. The van der Waals surface area contributed by atoms with Crippen LogP contribution in [-0.2, 0) is 20.3 Å². The third-order valence-electron chi connectivity index (χ3n) is 2.39. The molecular formula is C10H21N2NaO12P2. The molecule has 0 unspecified atom stereocenters. The predicted octanol–water partition coefficient (Wildman–Crippen LogP) is -4.79. The molecule has 154 valence electrons. The molecule has 0 aliphatic heterocycles. The number of carboxylic acid groups (broad SMARTS) is 1. The zero-order valence-corrected chi connectivity index (χ0v) is 17.9. The van der Waals surface area contributed by atoms with E-state index < -0.39 is 27.2 Å². The molecule has 0 fully saturated rings. The number of rotatable bonds is 4. The van der Waals surface area contributed by atoms with E-state index in [4.69, 9.17) is 54.5 Å². The number of phenolic OH excluding ortho intramolecular Hbond substituents is 2. The molecule has 27 heavy (non-hydrogen) atoms. The van der Waals surface area contributed by atoms with Crippen molar-refractivity contribution in [2.75, 3.05) is 0 Å². The van der Waals surface area contributed by atoms with Gasteiger partial charge in [0.25, 0.3) is 0 Å². The zero-order chi connectivity index (χ0) is 21.3. The number of phenols is 2. The normalized spacial score (nSPS) is 12.9. The van der Waals surface area contributed by atoms with Gasteiger partial charge in [-0.15, -0.1) is 0 Å². The Labute approximate surface area is 176 Å². The van der Waals surface area contributed by atoms with Gasteiger partial charge in [0, 0.05) is 6.42 Å². The average molecular weight is 446 g/mol. The maximum atomic E-state index is 11.0. The first kappa shape index (κ1) is 31.1. The summed E-state index contributed by atoms with van der Waals surface area (Å²) in [6.07, 6.45) is 0.0900. The summed E-state index contributed by atoms with van der Waals surface area (Å²) in [6, 6.07) is 4.12. The predicted molar refractivity (Wildman–Crippen MR) is 86.5 cm³/mol. The van der Waals surface area contributed by atoms with Gasteiger partial charge in [-0.1, -0.05) is 6.07 Å². The molecule has 0 radical (unpaired) electrons. The number of hydrogen-bond acceptors (Lipinski definition) is 7. The van der Waals surface area contributed by atoms with Gasteiger partial charge >= 0.3 is 51.2 Å². The molecule has 17 heteroatoms. The van der Waals surface area contributed by atoms with Crippen LogP contribution in [0.15, 0.2) is 18.2 Å². The number of hydrogen-bond donors (Lipinski definition) is 11. The van der Waals surface area contributed by atoms with Crippen molar-refractivity contribution in [1.82, 2.24) is 5.43 Å². The molecule has 0 aromatic heterocycles. The van der Waals surface area contributed by atoms with Crippen LogP contribution in [0.3, 0.4) is 0 Å². The first-order valence-corrected chi connectivity index (χ1v) is 9.30. The van der Waals surface area contributed by atoms with Gasteiger partial charge in [-0.2, -0.15) is 0 Å². The van der Waals surface area contributed by atoms with Crippen molar-refractivity contribution < 1.29 is 89.6 Å². The van der Waals surface area contributed by atoms with Crippen molar-refractivity contribution >= 4 is 21.6 Å². The zero-order valence-electron chi connectivity index (χ0n) is 15.2. The van der Waals surface area contributed by atoms with Crippen LogP contribution in [0.1, 0.15) is 13.9 Å². The van der Waals surface area contributed by atoms with E-state index in [1.54, 1.807) is 0 Å². The van der Waals surface area contributed by atoms with Crippen LogP contribution in [-0.4, -0.2) is 56.2 Å². The topological polar surface area (TPSA) is 271 Å². The second kappa shape index (κ2) is 12.8. The number of nitrogens with two attached hydrogens (primary N) is 1. The molecule has 14 nitrogen and oxygen atoms in total. The summed E-state index contributed by atoms with van der Waals surface area (Å²) in [7, 11) is -9.28. The molecule has 0 saturated heterocycles. The van der Waals surface area contributed by atoms with Gasteiger partial charge in [0.05, 0.1) is 0 Å². The van der Waals surface area contributed by atoms with E-state index >= 15 is 0 Å². The minimum atomic E-state index is -4.64. The van der Waals surface area contributed by atoms with Crippen LogP contribution < -0.4 is 40.8 Å². The standard InChI is InChI=1S/C10H14N2O4.Na.2H3O4P.H/c1-10(12-11,9(15)16)5-6-2-3-7(13)8(14)4-6;;2*1-5(2,3)4;/h2-4,12-14H,5,11H2,1H3,(H,15,16);;2*(H3,1,2,3,4);/q;+1;;;-1/t10-;;;;/m0..../s1. The van der Waals surface area contributed by atoms with E-state index in [0.29, 0.717) is 5.56 Å². The van der Waals surface area contributed by atoms with Crippen LogP contribution in [0.25, 0.3) is 0 Å². The molecule has 0 heterocycles. The number of aromatic hydroxyl groups is 2. The summed E-state index contributed by atoms with van der Waals surface area (Å²) in [5.74, 6) is 3.55. The fourth-order valence-electron chi connectivity index (χ4n) is 1.28. The Hall–Kier alpha value is -0.570. The van der Waals surface area contributed by atoms with Gasteiger partial charge in [-0.05, 0) is 24.6 Å². The Morgan fingerprint density at radius 2 is 1.44 bits per heavy atom. The minimum Gasteiger partial charge on any atom is -1.00 e. The molecule has 1 rings (SSSR count). The second-order valence-electron chi connectivity index (χ2n) is 4.81. The smallest absolute Gasteiger partial charge is 1.00 e. The van der Waals surface area contributed by atoms with Crippen LogP contribution in [0, 0.1) is 0 Å². The maximum absolute atomic E-state index is 11.0. The summed E-state index contributed by atoms with van der Waals surface area (Å²) in [4.78, 5) is 54.1. The fourth-order valence-corrected chi connectivity index (χ4v) is 1.28. The molecule has 1 aromatic carbocycles. The summed E-state index contributed by atoms with van der Waals surface area (Å²) < 4.78 is 17.8. The first-order chi connectivity index (χ1) is 11.4. The SMILES string of the molecule is C[C@@](Cc1ccc(O)c(O)c1)(NN)C(=O)O.O=P(O)(O)O.O=P(O)(O)O.[H-].[Na+]. The summed E-state index contributed by atoms with van der Waals surface area (Å²) >= 11 is 0. The number of carbonyl (C=O) groups is 1. The van der Waals surface area contributed by atoms with E-state index in [1.807, 2.05) is 0 Å². The van der Waals surface area contributed by atoms with Gasteiger partial charge < -0.3 is 46.1 Å². The van der Waals surface area contributed by atoms with E-state index in [2.05, 4.69) is 5.43 Å². The monoisotopic (exact) mass is 446 g/mol. The Kier molecular flexibility index (Phi) is 14.8. The van der Waals surface area contributed by atoms with E-state index in [1.165, 1.54) is 25.1 Å². The minimum absolute atomic E-state index is 0. The largest absolute Gasteiger partial charge is 1.00 e. The fraction of sp³-hybridized carbons (Fsp3) is 0.300. The van der Waals surface area contributed by atoms with Crippen molar-refractivity contribution in [3.05, 3.63) is 23.8 Å². The number of phosphoric acid groups is 2. The summed E-state index contributed by atoms with van der Waals surface area (Å²) in [5, 5.41) is 27.3. The Balaban J connectivity index is -0.000000202. The summed E-state index contributed by atoms with van der Waals surface area (Å²) in [6.45, 7) is 1.43. The number of carboxylic acids is 1. The molecule has 0 aliphatic carbocycles. The van der Waals surface area contributed by atoms with Crippen LogP contribution in [0.5, 0.6) is 11.5 Å². The van der Waals surface area contributed by atoms with Gasteiger partial charge in [0.1, 0.15) is 5.54 Å². The van der Waals surface area contributed by atoms with Crippen molar-refractivity contribution in [2.45, 2.75) is 18.9 Å². The van der Waals surface area contributed by atoms with E-state index in [0.717, 1.165) is 0 Å². The Morgan fingerprint density at radius 1 is 1.07 bits per heavy atom. The van der Waals surface area contributed by atoms with E-state index in [9.17, 15) is 9.90 Å². The molecule has 0 spiro atoms. The number of hydrazine groups is 1. The molecular weight excluding hydrogens is 425 g/mol. The van der Waals surface area contributed by atoms with Crippen molar-refractivity contribution in [1.29, 1.82) is 0 Å². The van der Waals surface area contributed by atoms with Crippen molar-refractivity contribution in [2.24, 2.45) is 5.84 Å². The average Bonchev–Trinajstić information content (AvgIpc) is 2.39. The van der Waals surface area contributed by atoms with Gasteiger partial charge in [0.2, 0.25) is 0 Å². The second-order valence-corrected chi connectivity index (χ2v) is 6.86.